The number of rotatable bonds is 5. The van der Waals surface area contributed by atoms with Crippen molar-refractivity contribution in [2.24, 2.45) is 7.05 Å². The van der Waals surface area contributed by atoms with Gasteiger partial charge in [-0.25, -0.2) is 0 Å². The van der Waals surface area contributed by atoms with Gasteiger partial charge in [-0.2, -0.15) is 5.10 Å². The predicted octanol–water partition coefficient (Wildman–Crippen LogP) is 2.09. The third-order valence-electron chi connectivity index (χ3n) is 4.00. The number of hydrogen-bond donors (Lipinski definition) is 1. The second kappa shape index (κ2) is 6.72. The van der Waals surface area contributed by atoms with E-state index in [2.05, 4.69) is 26.3 Å². The SMILES string of the molecule is COc1c(Br)cccc1CN[C@H]1CCN(c2cnn(C)c2)C1=O. The van der Waals surface area contributed by atoms with Crippen molar-refractivity contribution < 1.29 is 9.53 Å². The molecule has 1 atom stereocenters. The molecule has 1 aromatic carbocycles. The number of nitrogens with one attached hydrogen (secondary N) is 1. The molecule has 0 radical (unpaired) electrons. The van der Waals surface area contributed by atoms with Gasteiger partial charge >= 0.3 is 0 Å². The monoisotopic (exact) mass is 378 g/mol. The molecule has 0 bridgehead atoms. The lowest BCUT2D eigenvalue weighted by Gasteiger charge is -2.16. The van der Waals surface area contributed by atoms with Gasteiger partial charge in [0.2, 0.25) is 5.91 Å². The first kappa shape index (κ1) is 16.0. The highest BCUT2D eigenvalue weighted by atomic mass is 79.9. The lowest BCUT2D eigenvalue weighted by Crippen LogP contribution is -2.37. The minimum atomic E-state index is -0.182. The summed E-state index contributed by atoms with van der Waals surface area (Å²) in [7, 11) is 3.49. The molecule has 2 heterocycles. The summed E-state index contributed by atoms with van der Waals surface area (Å²) in [6.07, 6.45) is 4.36. The van der Waals surface area contributed by atoms with E-state index in [-0.39, 0.29) is 11.9 Å². The zero-order chi connectivity index (χ0) is 16.4. The fourth-order valence-electron chi connectivity index (χ4n) is 2.83. The molecule has 1 aliphatic heterocycles. The lowest BCUT2D eigenvalue weighted by atomic mass is 10.1. The summed E-state index contributed by atoms with van der Waals surface area (Å²) < 4.78 is 8.03. The summed E-state index contributed by atoms with van der Waals surface area (Å²) in [6, 6.07) is 5.71. The number of methoxy groups -OCH3 is 1. The van der Waals surface area contributed by atoms with Crippen LogP contribution >= 0.6 is 15.9 Å². The molecule has 1 aromatic heterocycles. The molecule has 0 unspecified atom stereocenters. The van der Waals surface area contributed by atoms with Crippen LogP contribution in [-0.4, -0.2) is 35.4 Å². The Hall–Kier alpha value is -1.86. The van der Waals surface area contributed by atoms with Crippen LogP contribution in [0.25, 0.3) is 0 Å². The largest absolute Gasteiger partial charge is 0.495 e. The van der Waals surface area contributed by atoms with Gasteiger partial charge in [0.05, 0.1) is 29.5 Å². The highest BCUT2D eigenvalue weighted by molar-refractivity contribution is 9.10. The zero-order valence-corrected chi connectivity index (χ0v) is 14.7. The Morgan fingerprint density at radius 1 is 1.48 bits per heavy atom. The van der Waals surface area contributed by atoms with Crippen molar-refractivity contribution in [2.45, 2.75) is 19.0 Å². The average Bonchev–Trinajstić information content (AvgIpc) is 3.11. The van der Waals surface area contributed by atoms with Crippen LogP contribution in [0, 0.1) is 0 Å². The van der Waals surface area contributed by atoms with Crippen molar-refractivity contribution in [3.05, 3.63) is 40.6 Å². The summed E-state index contributed by atoms with van der Waals surface area (Å²) >= 11 is 3.48. The number of carbonyl (C=O) groups is 1. The molecule has 7 heteroatoms. The van der Waals surface area contributed by atoms with E-state index in [1.165, 1.54) is 0 Å². The van der Waals surface area contributed by atoms with E-state index >= 15 is 0 Å². The number of benzene rings is 1. The standard InChI is InChI=1S/C16H19BrN4O2/c1-20-10-12(9-19-20)21-7-6-14(16(21)22)18-8-11-4-3-5-13(17)15(11)23-2/h3-5,9-10,14,18H,6-8H2,1-2H3/t14-/m0/s1. The molecule has 3 rings (SSSR count). The Morgan fingerprint density at radius 3 is 3.00 bits per heavy atom. The summed E-state index contributed by atoms with van der Waals surface area (Å²) in [5, 5.41) is 7.46. The van der Waals surface area contributed by atoms with Crippen LogP contribution in [0.1, 0.15) is 12.0 Å². The van der Waals surface area contributed by atoms with Crippen molar-refractivity contribution in [3.63, 3.8) is 0 Å². The summed E-state index contributed by atoms with van der Waals surface area (Å²) in [6.45, 7) is 1.29. The van der Waals surface area contributed by atoms with E-state index in [9.17, 15) is 4.79 Å². The van der Waals surface area contributed by atoms with Crippen molar-refractivity contribution >= 4 is 27.5 Å². The first-order chi connectivity index (χ1) is 11.1. The van der Waals surface area contributed by atoms with Crippen molar-refractivity contribution in [1.29, 1.82) is 0 Å². The molecule has 6 nitrogen and oxygen atoms in total. The maximum atomic E-state index is 12.5. The molecule has 122 valence electrons. The second-order valence-corrected chi connectivity index (χ2v) is 6.37. The van der Waals surface area contributed by atoms with Crippen LogP contribution in [0.2, 0.25) is 0 Å². The number of ether oxygens (including phenoxy) is 1. The fraction of sp³-hybridized carbons (Fsp3) is 0.375. The Kier molecular flexibility index (Phi) is 4.68. The molecule has 23 heavy (non-hydrogen) atoms. The van der Waals surface area contributed by atoms with Crippen molar-refractivity contribution in [2.75, 3.05) is 18.6 Å². The fourth-order valence-corrected chi connectivity index (χ4v) is 3.40. The van der Waals surface area contributed by atoms with Gasteiger partial charge in [0, 0.05) is 31.9 Å². The highest BCUT2D eigenvalue weighted by Gasteiger charge is 2.32. The minimum absolute atomic E-state index is 0.0898. The van der Waals surface area contributed by atoms with Gasteiger partial charge in [0.15, 0.2) is 0 Å². The molecule has 0 aliphatic carbocycles. The zero-order valence-electron chi connectivity index (χ0n) is 13.1. The minimum Gasteiger partial charge on any atom is -0.495 e. The molecular formula is C16H19BrN4O2. The van der Waals surface area contributed by atoms with Gasteiger partial charge in [0.25, 0.3) is 0 Å². The first-order valence-corrected chi connectivity index (χ1v) is 8.24. The van der Waals surface area contributed by atoms with Crippen LogP contribution in [0.15, 0.2) is 35.1 Å². The van der Waals surface area contributed by atoms with Crippen LogP contribution in [0.5, 0.6) is 5.75 Å². The van der Waals surface area contributed by atoms with E-state index in [0.717, 1.165) is 27.9 Å². The summed E-state index contributed by atoms with van der Waals surface area (Å²) in [5.41, 5.74) is 1.87. The van der Waals surface area contributed by atoms with E-state index in [4.69, 9.17) is 4.74 Å². The second-order valence-electron chi connectivity index (χ2n) is 5.52. The third-order valence-corrected chi connectivity index (χ3v) is 4.62. The number of aryl methyl sites for hydroxylation is 1. The Morgan fingerprint density at radius 2 is 2.30 bits per heavy atom. The molecule has 1 aliphatic rings. The Labute approximate surface area is 143 Å². The Bertz CT molecular complexity index is 716. The summed E-state index contributed by atoms with van der Waals surface area (Å²) in [4.78, 5) is 14.3. The first-order valence-electron chi connectivity index (χ1n) is 7.45. The number of nitrogens with zero attached hydrogens (tertiary/aromatic N) is 3. The predicted molar refractivity (Wildman–Crippen MR) is 91.5 cm³/mol. The number of halogens is 1. The third kappa shape index (κ3) is 3.25. The lowest BCUT2D eigenvalue weighted by molar-refractivity contribution is -0.118. The molecule has 1 fully saturated rings. The molecule has 1 N–H and O–H groups in total. The van der Waals surface area contributed by atoms with E-state index in [1.807, 2.05) is 31.4 Å². The van der Waals surface area contributed by atoms with Crippen LogP contribution in [0.4, 0.5) is 5.69 Å². The van der Waals surface area contributed by atoms with E-state index in [0.29, 0.717) is 13.1 Å². The number of hydrogen-bond acceptors (Lipinski definition) is 4. The normalized spacial score (nSPS) is 17.8. The number of aromatic nitrogens is 2. The maximum Gasteiger partial charge on any atom is 0.244 e. The average molecular weight is 379 g/mol. The number of carbonyl (C=O) groups excluding carboxylic acids is 1. The van der Waals surface area contributed by atoms with Gasteiger partial charge in [0.1, 0.15) is 5.75 Å². The highest BCUT2D eigenvalue weighted by Crippen LogP contribution is 2.29. The van der Waals surface area contributed by atoms with Crippen molar-refractivity contribution in [3.8, 4) is 5.75 Å². The quantitative estimate of drug-likeness (QED) is 0.865. The van der Waals surface area contributed by atoms with E-state index < -0.39 is 0 Å². The molecule has 0 saturated carbocycles. The Balaban J connectivity index is 1.66. The van der Waals surface area contributed by atoms with Crippen LogP contribution < -0.4 is 15.0 Å². The number of amides is 1. The van der Waals surface area contributed by atoms with Crippen LogP contribution in [0.3, 0.4) is 0 Å². The van der Waals surface area contributed by atoms with Gasteiger partial charge in [-0.15, -0.1) is 0 Å². The van der Waals surface area contributed by atoms with E-state index in [1.54, 1.807) is 22.9 Å². The van der Waals surface area contributed by atoms with Gasteiger partial charge in [-0.1, -0.05) is 12.1 Å². The topological polar surface area (TPSA) is 59.4 Å². The molecule has 0 spiro atoms. The van der Waals surface area contributed by atoms with Gasteiger partial charge in [-0.3, -0.25) is 9.48 Å². The smallest absolute Gasteiger partial charge is 0.244 e. The molecule has 2 aromatic rings. The number of para-hydroxylation sites is 1. The van der Waals surface area contributed by atoms with Crippen LogP contribution in [-0.2, 0) is 18.4 Å². The molecule has 1 saturated heterocycles. The van der Waals surface area contributed by atoms with Gasteiger partial charge in [-0.05, 0) is 28.4 Å². The molecular weight excluding hydrogens is 360 g/mol. The maximum absolute atomic E-state index is 12.5. The number of anilines is 1. The summed E-state index contributed by atoms with van der Waals surface area (Å²) in [5.74, 6) is 0.890. The molecule has 1 amide bonds. The van der Waals surface area contributed by atoms with Gasteiger partial charge < -0.3 is 15.0 Å². The van der Waals surface area contributed by atoms with Crippen molar-refractivity contribution in [1.82, 2.24) is 15.1 Å².